The van der Waals surface area contributed by atoms with E-state index in [0.29, 0.717) is 53.7 Å². The Morgan fingerprint density at radius 2 is 1.72 bits per heavy atom. The standard InChI is InChI=1S/C29H35F3N4O5S2/c1-4-7-12-24-34-26(42-19-29(30,31)32)25(27(37)41-6-3)36(24)18-20-13-15-21(16-14-20)22-10-8-9-11-23(22)43(39,40)35-28(38)33-17-5-2/h8-11,13-16H,4-7,12,17-19H2,1-3H3,(H2,33,35,38). The first-order valence-corrected chi connectivity index (χ1v) is 16.3. The maximum absolute atomic E-state index is 13.0. The summed E-state index contributed by atoms with van der Waals surface area (Å²) < 4.78 is 73.9. The Morgan fingerprint density at radius 3 is 2.35 bits per heavy atom. The van der Waals surface area contributed by atoms with Gasteiger partial charge in [0, 0.05) is 25.1 Å². The summed E-state index contributed by atoms with van der Waals surface area (Å²) >= 11 is 0.450. The highest BCUT2D eigenvalue weighted by atomic mass is 32.2. The number of amides is 2. The Labute approximate surface area is 253 Å². The number of benzene rings is 2. The third kappa shape index (κ3) is 9.48. The van der Waals surface area contributed by atoms with Crippen molar-refractivity contribution in [2.75, 3.05) is 18.9 Å². The lowest BCUT2D eigenvalue weighted by Crippen LogP contribution is -2.39. The van der Waals surface area contributed by atoms with Crippen molar-refractivity contribution in [1.29, 1.82) is 0 Å². The fraction of sp³-hybridized carbons (Fsp3) is 0.414. The summed E-state index contributed by atoms with van der Waals surface area (Å²) in [7, 11) is -4.18. The number of imidazole rings is 1. The normalized spacial score (nSPS) is 11.8. The molecule has 0 radical (unpaired) electrons. The smallest absolute Gasteiger partial charge is 0.398 e. The van der Waals surface area contributed by atoms with Crippen LogP contribution in [0.15, 0.2) is 58.5 Å². The number of nitrogens with zero attached hydrogens (tertiary/aromatic N) is 2. The molecule has 0 aliphatic rings. The van der Waals surface area contributed by atoms with Crippen LogP contribution in [0.4, 0.5) is 18.0 Å². The number of carbonyl (C=O) groups excluding carboxylic acids is 2. The first kappa shape index (κ1) is 34.0. The van der Waals surface area contributed by atoms with Crippen LogP contribution in [-0.2, 0) is 27.7 Å². The number of esters is 1. The molecule has 1 heterocycles. The Kier molecular flexibility index (Phi) is 12.1. The van der Waals surface area contributed by atoms with E-state index in [2.05, 4.69) is 10.3 Å². The monoisotopic (exact) mass is 640 g/mol. The summed E-state index contributed by atoms with van der Waals surface area (Å²) in [6, 6.07) is 12.3. The van der Waals surface area contributed by atoms with Gasteiger partial charge in [-0.1, -0.05) is 74.5 Å². The average molecular weight is 641 g/mol. The number of nitrogens with one attached hydrogen (secondary N) is 2. The molecule has 3 rings (SSSR count). The minimum atomic E-state index is -4.45. The molecule has 0 atom stereocenters. The van der Waals surface area contributed by atoms with Crippen molar-refractivity contribution >= 4 is 33.8 Å². The quantitative estimate of drug-likeness (QED) is 0.160. The molecule has 0 bridgehead atoms. The Balaban J connectivity index is 1.97. The third-order valence-electron chi connectivity index (χ3n) is 6.15. The number of aromatic nitrogens is 2. The predicted molar refractivity (Wildman–Crippen MR) is 159 cm³/mol. The molecule has 0 saturated carbocycles. The van der Waals surface area contributed by atoms with Crippen molar-refractivity contribution in [3.05, 3.63) is 65.6 Å². The van der Waals surface area contributed by atoms with Crippen LogP contribution in [0.2, 0.25) is 0 Å². The van der Waals surface area contributed by atoms with Crippen molar-refractivity contribution in [1.82, 2.24) is 19.6 Å². The topological polar surface area (TPSA) is 119 Å². The number of hydrogen-bond acceptors (Lipinski definition) is 7. The average Bonchev–Trinajstić information content (AvgIpc) is 3.30. The molecule has 0 unspecified atom stereocenters. The van der Waals surface area contributed by atoms with E-state index in [-0.39, 0.29) is 28.8 Å². The number of ether oxygens (including phenoxy) is 1. The van der Waals surface area contributed by atoms with Gasteiger partial charge in [-0.3, -0.25) is 0 Å². The first-order chi connectivity index (χ1) is 20.4. The molecule has 0 aliphatic heterocycles. The maximum Gasteiger partial charge on any atom is 0.398 e. The van der Waals surface area contributed by atoms with E-state index >= 15 is 0 Å². The van der Waals surface area contributed by atoms with E-state index in [1.807, 2.05) is 18.6 Å². The highest BCUT2D eigenvalue weighted by molar-refractivity contribution is 7.99. The van der Waals surface area contributed by atoms with E-state index in [1.165, 1.54) is 6.07 Å². The molecule has 0 fully saturated rings. The van der Waals surface area contributed by atoms with Gasteiger partial charge in [0.15, 0.2) is 5.69 Å². The Bertz CT molecular complexity index is 1510. The minimum Gasteiger partial charge on any atom is -0.461 e. The van der Waals surface area contributed by atoms with Crippen molar-refractivity contribution in [3.8, 4) is 11.1 Å². The number of alkyl halides is 3. The van der Waals surface area contributed by atoms with Gasteiger partial charge in [-0.15, -0.1) is 0 Å². The van der Waals surface area contributed by atoms with E-state index in [9.17, 15) is 31.2 Å². The highest BCUT2D eigenvalue weighted by Crippen LogP contribution is 2.32. The summed E-state index contributed by atoms with van der Waals surface area (Å²) in [6.07, 6.45) is -1.81. The molecule has 0 spiro atoms. The molecule has 2 aromatic carbocycles. The fourth-order valence-electron chi connectivity index (χ4n) is 4.18. The van der Waals surface area contributed by atoms with Gasteiger partial charge in [-0.25, -0.2) is 27.7 Å². The second kappa shape index (κ2) is 15.3. The third-order valence-corrected chi connectivity index (χ3v) is 8.57. The summed E-state index contributed by atoms with van der Waals surface area (Å²) in [6.45, 7) is 5.93. The van der Waals surface area contributed by atoms with Crippen LogP contribution in [0, 0.1) is 0 Å². The number of sulfonamides is 1. The zero-order chi connectivity index (χ0) is 31.6. The predicted octanol–water partition coefficient (Wildman–Crippen LogP) is 6.17. The van der Waals surface area contributed by atoms with Crippen LogP contribution in [0.5, 0.6) is 0 Å². The zero-order valence-corrected chi connectivity index (χ0v) is 25.8. The van der Waals surface area contributed by atoms with Crippen molar-refractivity contribution in [2.45, 2.75) is 69.1 Å². The Hall–Kier alpha value is -3.52. The van der Waals surface area contributed by atoms with Crippen molar-refractivity contribution in [3.63, 3.8) is 0 Å². The lowest BCUT2D eigenvalue weighted by atomic mass is 10.0. The van der Waals surface area contributed by atoms with Crippen LogP contribution in [0.3, 0.4) is 0 Å². The lowest BCUT2D eigenvalue weighted by Gasteiger charge is -2.14. The number of hydrogen-bond donors (Lipinski definition) is 2. The molecule has 234 valence electrons. The first-order valence-electron chi connectivity index (χ1n) is 13.8. The molecule has 2 N–H and O–H groups in total. The molecule has 0 aliphatic carbocycles. The van der Waals surface area contributed by atoms with Crippen LogP contribution < -0.4 is 10.0 Å². The molecule has 43 heavy (non-hydrogen) atoms. The van der Waals surface area contributed by atoms with Gasteiger partial charge in [-0.2, -0.15) is 13.2 Å². The number of thioether (sulfide) groups is 1. The largest absolute Gasteiger partial charge is 0.461 e. The molecule has 0 saturated heterocycles. The second-order valence-corrected chi connectivity index (χ2v) is 12.2. The zero-order valence-electron chi connectivity index (χ0n) is 24.2. The van der Waals surface area contributed by atoms with E-state index < -0.39 is 34.0 Å². The van der Waals surface area contributed by atoms with E-state index in [0.717, 1.165) is 12.8 Å². The molecule has 2 amide bonds. The number of carbonyl (C=O) groups is 2. The van der Waals surface area contributed by atoms with Crippen LogP contribution in [-0.4, -0.2) is 55.1 Å². The number of halogens is 3. The summed E-state index contributed by atoms with van der Waals surface area (Å²) in [5.41, 5.74) is 1.60. The number of unbranched alkanes of at least 4 members (excludes halogenated alkanes) is 1. The highest BCUT2D eigenvalue weighted by Gasteiger charge is 2.31. The summed E-state index contributed by atoms with van der Waals surface area (Å²) in [4.78, 5) is 29.3. The van der Waals surface area contributed by atoms with Gasteiger partial charge >= 0.3 is 18.2 Å². The molecular weight excluding hydrogens is 605 g/mol. The van der Waals surface area contributed by atoms with Gasteiger partial charge in [0.1, 0.15) is 10.9 Å². The number of urea groups is 1. The minimum absolute atomic E-state index is 0.0323. The number of aryl methyl sites for hydroxylation is 1. The molecule has 1 aromatic heterocycles. The molecular formula is C29H35F3N4O5S2. The van der Waals surface area contributed by atoms with Crippen LogP contribution in [0.1, 0.15) is 61.9 Å². The van der Waals surface area contributed by atoms with Gasteiger partial charge in [0.25, 0.3) is 10.0 Å². The lowest BCUT2D eigenvalue weighted by molar-refractivity contribution is -0.105. The summed E-state index contributed by atoms with van der Waals surface area (Å²) in [5, 5.41) is 2.44. The van der Waals surface area contributed by atoms with Gasteiger partial charge < -0.3 is 14.6 Å². The van der Waals surface area contributed by atoms with Crippen LogP contribution >= 0.6 is 11.8 Å². The maximum atomic E-state index is 13.0. The summed E-state index contributed by atoms with van der Waals surface area (Å²) in [5.74, 6) is -1.48. The fourth-order valence-corrected chi connectivity index (χ4v) is 6.14. The van der Waals surface area contributed by atoms with Gasteiger partial charge in [-0.05, 0) is 37.0 Å². The second-order valence-electron chi connectivity index (χ2n) is 9.55. The molecule has 14 heteroatoms. The molecule has 9 nitrogen and oxygen atoms in total. The van der Waals surface area contributed by atoms with Crippen LogP contribution in [0.25, 0.3) is 11.1 Å². The van der Waals surface area contributed by atoms with Gasteiger partial charge in [0.2, 0.25) is 0 Å². The van der Waals surface area contributed by atoms with E-state index in [4.69, 9.17) is 4.74 Å². The molecule has 3 aromatic rings. The van der Waals surface area contributed by atoms with E-state index in [1.54, 1.807) is 54.0 Å². The SMILES string of the molecule is CCCCc1nc(SCC(F)(F)F)c(C(=O)OCC)n1Cc1ccc(-c2ccccc2S(=O)(=O)NC(=O)NCCC)cc1. The van der Waals surface area contributed by atoms with Crippen molar-refractivity contribution in [2.24, 2.45) is 0 Å². The Morgan fingerprint density at radius 1 is 1.02 bits per heavy atom. The van der Waals surface area contributed by atoms with Crippen molar-refractivity contribution < 1.29 is 35.9 Å². The van der Waals surface area contributed by atoms with Gasteiger partial charge in [0.05, 0.1) is 17.3 Å². The number of rotatable bonds is 14.